The van der Waals surface area contributed by atoms with E-state index in [0.717, 1.165) is 0 Å². The maximum Gasteiger partial charge on any atom is 0.0817 e. The summed E-state index contributed by atoms with van der Waals surface area (Å²) in [5, 5.41) is 0. The molecule has 0 bridgehead atoms. The lowest BCUT2D eigenvalue weighted by Gasteiger charge is -2.24. The van der Waals surface area contributed by atoms with Gasteiger partial charge in [-0.25, -0.2) is 5.43 Å². The molecule has 0 aliphatic heterocycles. The second kappa shape index (κ2) is 4.61. The third-order valence-electron chi connectivity index (χ3n) is 2.93. The molecule has 4 heteroatoms. The lowest BCUT2D eigenvalue weighted by Crippen LogP contribution is -2.38. The fraction of sp³-hybridized carbons (Fsp3) is 0.636. The Hall–Kier alpha value is -0.420. The molecule has 0 amide bonds. The standard InChI is InChI=1S/C11H18N2OS/c1-7-3-6-9(15-7)10(13-12)11(14-2)8-4-5-8/h3,6,8,10-11,13H,4-5,12H2,1-2H3. The maximum atomic E-state index is 5.63. The van der Waals surface area contributed by atoms with Gasteiger partial charge in [0, 0.05) is 16.9 Å². The largest absolute Gasteiger partial charge is 0.379 e. The molecule has 0 aromatic carbocycles. The van der Waals surface area contributed by atoms with Crippen molar-refractivity contribution in [1.29, 1.82) is 0 Å². The minimum absolute atomic E-state index is 0.140. The Kier molecular flexibility index (Phi) is 3.41. The first-order valence-corrected chi connectivity index (χ1v) is 6.13. The molecule has 1 aliphatic rings. The van der Waals surface area contributed by atoms with Crippen molar-refractivity contribution in [2.75, 3.05) is 7.11 Å². The van der Waals surface area contributed by atoms with Crippen molar-refractivity contribution < 1.29 is 4.74 Å². The monoisotopic (exact) mass is 226 g/mol. The van der Waals surface area contributed by atoms with Crippen molar-refractivity contribution in [2.45, 2.75) is 31.9 Å². The Labute approximate surface area is 94.6 Å². The quantitative estimate of drug-likeness (QED) is 0.596. The maximum absolute atomic E-state index is 5.63. The van der Waals surface area contributed by atoms with Crippen LogP contribution >= 0.6 is 11.3 Å². The van der Waals surface area contributed by atoms with Gasteiger partial charge in [-0.1, -0.05) is 0 Å². The number of hydrazine groups is 1. The average Bonchev–Trinajstić information content (AvgIpc) is 2.98. The first-order valence-electron chi connectivity index (χ1n) is 5.31. The van der Waals surface area contributed by atoms with E-state index in [9.17, 15) is 0 Å². The van der Waals surface area contributed by atoms with Crippen molar-refractivity contribution in [3.63, 3.8) is 0 Å². The summed E-state index contributed by atoms with van der Waals surface area (Å²) in [6, 6.07) is 4.41. The summed E-state index contributed by atoms with van der Waals surface area (Å²) in [5.41, 5.74) is 2.89. The smallest absolute Gasteiger partial charge is 0.0817 e. The van der Waals surface area contributed by atoms with Crippen LogP contribution in [-0.4, -0.2) is 13.2 Å². The number of nitrogens with one attached hydrogen (secondary N) is 1. The third kappa shape index (κ3) is 2.39. The van der Waals surface area contributed by atoms with Gasteiger partial charge in [0.25, 0.3) is 0 Å². The van der Waals surface area contributed by atoms with Gasteiger partial charge in [-0.15, -0.1) is 11.3 Å². The highest BCUT2D eigenvalue weighted by atomic mass is 32.1. The van der Waals surface area contributed by atoms with Crippen molar-refractivity contribution in [2.24, 2.45) is 11.8 Å². The Morgan fingerprint density at radius 2 is 2.27 bits per heavy atom. The molecule has 0 spiro atoms. The number of rotatable bonds is 5. The Morgan fingerprint density at radius 1 is 1.53 bits per heavy atom. The number of hydrogen-bond acceptors (Lipinski definition) is 4. The van der Waals surface area contributed by atoms with Crippen LogP contribution in [0.2, 0.25) is 0 Å². The number of thiophene rings is 1. The molecule has 1 fully saturated rings. The van der Waals surface area contributed by atoms with Gasteiger partial charge in [-0.05, 0) is 37.8 Å². The van der Waals surface area contributed by atoms with Crippen LogP contribution in [0.25, 0.3) is 0 Å². The van der Waals surface area contributed by atoms with Crippen LogP contribution in [0.1, 0.15) is 28.6 Å². The molecule has 84 valence electrons. The fourth-order valence-corrected chi connectivity index (χ4v) is 2.96. The van der Waals surface area contributed by atoms with Gasteiger partial charge in [0.05, 0.1) is 12.1 Å². The van der Waals surface area contributed by atoms with Crippen LogP contribution in [-0.2, 0) is 4.74 Å². The van der Waals surface area contributed by atoms with E-state index < -0.39 is 0 Å². The average molecular weight is 226 g/mol. The zero-order valence-electron chi connectivity index (χ0n) is 9.19. The second-order valence-corrected chi connectivity index (χ2v) is 5.45. The molecule has 1 heterocycles. The van der Waals surface area contributed by atoms with Crippen LogP contribution in [0.15, 0.2) is 12.1 Å². The van der Waals surface area contributed by atoms with Crippen LogP contribution in [0.3, 0.4) is 0 Å². The van der Waals surface area contributed by atoms with Crippen molar-refractivity contribution in [3.8, 4) is 0 Å². The molecule has 15 heavy (non-hydrogen) atoms. The summed E-state index contributed by atoms with van der Waals surface area (Å²) in [6.07, 6.45) is 2.75. The van der Waals surface area contributed by atoms with Crippen LogP contribution in [0, 0.1) is 12.8 Å². The van der Waals surface area contributed by atoms with Crippen LogP contribution in [0.5, 0.6) is 0 Å². The number of hydrogen-bond donors (Lipinski definition) is 2. The molecular formula is C11H18N2OS. The molecular weight excluding hydrogens is 208 g/mol. The predicted molar refractivity (Wildman–Crippen MR) is 62.6 cm³/mol. The lowest BCUT2D eigenvalue weighted by atomic mass is 10.1. The molecule has 1 aromatic rings. The summed E-state index contributed by atoms with van der Waals surface area (Å²) in [5.74, 6) is 6.31. The van der Waals surface area contributed by atoms with Gasteiger partial charge in [-0.2, -0.15) is 0 Å². The Balaban J connectivity index is 2.14. The molecule has 0 radical (unpaired) electrons. The molecule has 3 nitrogen and oxygen atoms in total. The second-order valence-electron chi connectivity index (χ2n) is 4.13. The highest BCUT2D eigenvalue weighted by Gasteiger charge is 2.37. The fourth-order valence-electron chi connectivity index (χ4n) is 1.98. The van der Waals surface area contributed by atoms with Gasteiger partial charge < -0.3 is 4.74 Å². The Morgan fingerprint density at radius 3 is 2.67 bits per heavy atom. The van der Waals surface area contributed by atoms with Crippen LogP contribution < -0.4 is 11.3 Å². The zero-order valence-corrected chi connectivity index (χ0v) is 10.0. The van der Waals surface area contributed by atoms with Gasteiger partial charge >= 0.3 is 0 Å². The minimum atomic E-state index is 0.140. The van der Waals surface area contributed by atoms with E-state index in [1.165, 1.54) is 22.6 Å². The van der Waals surface area contributed by atoms with Crippen molar-refractivity contribution >= 4 is 11.3 Å². The number of aryl methyl sites for hydroxylation is 1. The van der Waals surface area contributed by atoms with Crippen molar-refractivity contribution in [1.82, 2.24) is 5.43 Å². The number of nitrogens with two attached hydrogens (primary N) is 1. The first kappa shape index (κ1) is 11.1. The lowest BCUT2D eigenvalue weighted by molar-refractivity contribution is 0.0517. The number of methoxy groups -OCH3 is 1. The zero-order chi connectivity index (χ0) is 10.8. The SMILES string of the molecule is COC(C1CC1)C(NN)c1ccc(C)s1. The molecule has 2 unspecified atom stereocenters. The van der Waals surface area contributed by atoms with Gasteiger partial charge in [-0.3, -0.25) is 5.84 Å². The third-order valence-corrected chi connectivity index (χ3v) is 4.02. The van der Waals surface area contributed by atoms with Gasteiger partial charge in [0.2, 0.25) is 0 Å². The highest BCUT2D eigenvalue weighted by molar-refractivity contribution is 7.12. The van der Waals surface area contributed by atoms with E-state index >= 15 is 0 Å². The summed E-state index contributed by atoms with van der Waals surface area (Å²) in [4.78, 5) is 2.59. The van der Waals surface area contributed by atoms with E-state index in [1.807, 2.05) is 0 Å². The molecule has 2 rings (SSSR count). The summed E-state index contributed by atoms with van der Waals surface area (Å²) in [7, 11) is 1.77. The first-order chi connectivity index (χ1) is 7.26. The molecule has 2 atom stereocenters. The van der Waals surface area contributed by atoms with E-state index in [0.29, 0.717) is 5.92 Å². The van der Waals surface area contributed by atoms with E-state index in [2.05, 4.69) is 24.5 Å². The van der Waals surface area contributed by atoms with Crippen LogP contribution in [0.4, 0.5) is 0 Å². The Bertz CT molecular complexity index is 322. The molecule has 1 aromatic heterocycles. The van der Waals surface area contributed by atoms with E-state index in [-0.39, 0.29) is 12.1 Å². The highest BCUT2D eigenvalue weighted by Crippen LogP contribution is 2.40. The molecule has 3 N–H and O–H groups in total. The topological polar surface area (TPSA) is 47.3 Å². The molecule has 0 saturated heterocycles. The minimum Gasteiger partial charge on any atom is -0.379 e. The summed E-state index contributed by atoms with van der Waals surface area (Å²) < 4.78 is 5.56. The molecule has 1 aliphatic carbocycles. The summed E-state index contributed by atoms with van der Waals surface area (Å²) in [6.45, 7) is 2.11. The van der Waals surface area contributed by atoms with Gasteiger partial charge in [0.1, 0.15) is 0 Å². The number of ether oxygens (including phenoxy) is 1. The van der Waals surface area contributed by atoms with E-state index in [4.69, 9.17) is 10.6 Å². The van der Waals surface area contributed by atoms with E-state index in [1.54, 1.807) is 18.4 Å². The summed E-state index contributed by atoms with van der Waals surface area (Å²) >= 11 is 1.79. The normalized spacial score (nSPS) is 20.2. The predicted octanol–water partition coefficient (Wildman–Crippen LogP) is 1.99. The molecule has 1 saturated carbocycles. The van der Waals surface area contributed by atoms with Gasteiger partial charge in [0.15, 0.2) is 0 Å². The van der Waals surface area contributed by atoms with Crippen molar-refractivity contribution in [3.05, 3.63) is 21.9 Å².